The summed E-state index contributed by atoms with van der Waals surface area (Å²) >= 11 is 0. The lowest BCUT2D eigenvalue weighted by Gasteiger charge is -2.19. The zero-order valence-electron chi connectivity index (χ0n) is 11.2. The van der Waals surface area contributed by atoms with Crippen LogP contribution >= 0.6 is 0 Å². The smallest absolute Gasteiger partial charge is 0.327 e. The summed E-state index contributed by atoms with van der Waals surface area (Å²) in [6, 6.07) is 7.37. The van der Waals surface area contributed by atoms with E-state index in [1.165, 1.54) is 0 Å². The number of carbonyl (C=O) groups excluding carboxylic acids is 1. The van der Waals surface area contributed by atoms with Crippen molar-refractivity contribution in [2.45, 2.75) is 13.0 Å². The number of hydrogen-bond acceptors (Lipinski definition) is 4. The molecule has 0 amide bonds. The van der Waals surface area contributed by atoms with E-state index in [2.05, 4.69) is 10.3 Å². The average Bonchev–Trinajstić information content (AvgIpc) is 2.79. The first-order valence-electron chi connectivity index (χ1n) is 6.20. The average molecular weight is 290 g/mol. The molecule has 0 aliphatic rings. The lowest BCUT2D eigenvalue weighted by atomic mass is 9.96. The molecule has 0 fully saturated rings. The van der Waals surface area contributed by atoms with Crippen molar-refractivity contribution in [1.29, 1.82) is 0 Å². The maximum atomic E-state index is 11.4. The molecule has 1 heterocycles. The van der Waals surface area contributed by atoms with Crippen LogP contribution in [-0.2, 0) is 14.4 Å². The van der Waals surface area contributed by atoms with E-state index in [1.807, 2.05) is 18.2 Å². The first-order valence-corrected chi connectivity index (χ1v) is 6.20. The van der Waals surface area contributed by atoms with E-state index in [0.29, 0.717) is 5.82 Å². The van der Waals surface area contributed by atoms with Gasteiger partial charge in [-0.15, -0.1) is 0 Å². The second-order valence-electron chi connectivity index (χ2n) is 4.66. The van der Waals surface area contributed by atoms with Gasteiger partial charge in [-0.05, 0) is 19.1 Å². The molecular formula is C14H14N2O5. The third-order valence-electron chi connectivity index (χ3n) is 3.14. The highest BCUT2D eigenvalue weighted by molar-refractivity contribution is 6.03. The van der Waals surface area contributed by atoms with E-state index in [9.17, 15) is 19.5 Å². The normalized spacial score (nSPS) is 13.6. The monoisotopic (exact) mass is 290 g/mol. The highest BCUT2D eigenvalue weighted by atomic mass is 16.4. The number of aromatic amines is 1. The van der Waals surface area contributed by atoms with Crippen LogP contribution in [0.3, 0.4) is 0 Å². The molecule has 0 aliphatic carbocycles. The Morgan fingerprint density at radius 2 is 1.81 bits per heavy atom. The maximum Gasteiger partial charge on any atom is 0.327 e. The van der Waals surface area contributed by atoms with Crippen molar-refractivity contribution in [3.8, 4) is 0 Å². The number of H-pyrrole nitrogens is 1. The Morgan fingerprint density at radius 3 is 2.33 bits per heavy atom. The number of para-hydroxylation sites is 1. The van der Waals surface area contributed by atoms with Crippen molar-refractivity contribution < 1.29 is 24.6 Å². The van der Waals surface area contributed by atoms with Crippen molar-refractivity contribution in [3.63, 3.8) is 0 Å². The number of anilines is 1. The maximum absolute atomic E-state index is 11.4. The van der Waals surface area contributed by atoms with Crippen molar-refractivity contribution in [2.24, 2.45) is 5.92 Å². The molecule has 110 valence electrons. The van der Waals surface area contributed by atoms with E-state index in [4.69, 9.17) is 5.11 Å². The van der Waals surface area contributed by atoms with Gasteiger partial charge in [-0.1, -0.05) is 18.2 Å². The van der Waals surface area contributed by atoms with Crippen LogP contribution in [0.15, 0.2) is 30.3 Å². The Morgan fingerprint density at radius 1 is 1.14 bits per heavy atom. The van der Waals surface area contributed by atoms with E-state index >= 15 is 0 Å². The third kappa shape index (κ3) is 3.02. The predicted molar refractivity (Wildman–Crippen MR) is 75.2 cm³/mol. The molecule has 2 aromatic rings. The van der Waals surface area contributed by atoms with Gasteiger partial charge in [-0.3, -0.25) is 9.59 Å². The van der Waals surface area contributed by atoms with Gasteiger partial charge in [0.25, 0.3) is 0 Å². The fourth-order valence-electron chi connectivity index (χ4n) is 2.16. The molecular weight excluding hydrogens is 276 g/mol. The molecule has 2 unspecified atom stereocenters. The van der Waals surface area contributed by atoms with Gasteiger partial charge < -0.3 is 20.5 Å². The molecule has 0 aliphatic heterocycles. The fraction of sp³-hybridized carbons (Fsp3) is 0.214. The molecule has 0 bridgehead atoms. The third-order valence-corrected chi connectivity index (χ3v) is 3.14. The molecule has 7 nitrogen and oxygen atoms in total. The minimum absolute atomic E-state index is 0.344. The van der Waals surface area contributed by atoms with Crippen LogP contribution in [0.1, 0.15) is 6.92 Å². The first-order chi connectivity index (χ1) is 9.90. The minimum atomic E-state index is -1.66. The van der Waals surface area contributed by atoms with E-state index in [1.54, 1.807) is 12.1 Å². The highest BCUT2D eigenvalue weighted by Crippen LogP contribution is 2.20. The van der Waals surface area contributed by atoms with Gasteiger partial charge in [-0.25, -0.2) is 4.79 Å². The van der Waals surface area contributed by atoms with Crippen LogP contribution in [0.5, 0.6) is 0 Å². The van der Waals surface area contributed by atoms with Crippen LogP contribution in [0.25, 0.3) is 10.9 Å². The number of carboxylic acids is 2. The number of nitrogens with one attached hydrogen (secondary N) is 2. The van der Waals surface area contributed by atoms with Gasteiger partial charge >= 0.3 is 11.9 Å². The zero-order valence-corrected chi connectivity index (χ0v) is 11.2. The summed E-state index contributed by atoms with van der Waals surface area (Å²) in [6.07, 6.45) is 0. The molecule has 1 aromatic carbocycles. The number of Topliss-reactive ketones (excluding diaryl/α,β-unsaturated/α-hetero) is 1. The molecule has 0 radical (unpaired) electrons. The van der Waals surface area contributed by atoms with Gasteiger partial charge in [0.05, 0.1) is 0 Å². The SMILES string of the molecule is CC(=O)C(C(=O)O)C(Nc1cc2ccccc2[nH]1)C(=O)O. The van der Waals surface area contributed by atoms with E-state index in [-0.39, 0.29) is 0 Å². The van der Waals surface area contributed by atoms with Crippen molar-refractivity contribution in [1.82, 2.24) is 4.98 Å². The Hall–Kier alpha value is -2.83. The number of fused-ring (bicyclic) bond motifs is 1. The van der Waals surface area contributed by atoms with Crippen LogP contribution in [0, 0.1) is 5.92 Å². The Balaban J connectivity index is 2.33. The number of carboxylic acid groups (broad SMARTS) is 2. The second-order valence-corrected chi connectivity index (χ2v) is 4.66. The number of carbonyl (C=O) groups is 3. The standard InChI is InChI=1S/C14H14N2O5/c1-7(17)11(13(18)19)12(14(20)21)16-10-6-8-4-2-3-5-9(8)15-10/h2-6,11-12,15-16H,1H3,(H,18,19)(H,20,21). The predicted octanol–water partition coefficient (Wildman–Crippen LogP) is 1.32. The van der Waals surface area contributed by atoms with Crippen LogP contribution < -0.4 is 5.32 Å². The molecule has 2 atom stereocenters. The van der Waals surface area contributed by atoms with E-state index in [0.717, 1.165) is 17.8 Å². The Bertz CT molecular complexity index is 659. The van der Waals surface area contributed by atoms with Gasteiger partial charge in [0.1, 0.15) is 23.6 Å². The summed E-state index contributed by atoms with van der Waals surface area (Å²) in [5, 5.41) is 21.7. The van der Waals surface area contributed by atoms with Gasteiger partial charge in [0.15, 0.2) is 0 Å². The summed E-state index contributed by atoms with van der Waals surface area (Å²) < 4.78 is 0. The topological polar surface area (TPSA) is 119 Å². The number of aliphatic carboxylic acids is 2. The minimum Gasteiger partial charge on any atom is -0.481 e. The second kappa shape index (κ2) is 5.66. The number of aromatic nitrogens is 1. The molecule has 1 aromatic heterocycles. The van der Waals surface area contributed by atoms with Crippen molar-refractivity contribution in [3.05, 3.63) is 30.3 Å². The van der Waals surface area contributed by atoms with Crippen LogP contribution in [0.2, 0.25) is 0 Å². The molecule has 21 heavy (non-hydrogen) atoms. The summed E-state index contributed by atoms with van der Waals surface area (Å²) in [6.45, 7) is 1.06. The number of hydrogen-bond donors (Lipinski definition) is 4. The molecule has 2 rings (SSSR count). The summed E-state index contributed by atoms with van der Waals surface area (Å²) in [5.41, 5.74) is 0.777. The molecule has 0 saturated carbocycles. The summed E-state index contributed by atoms with van der Waals surface area (Å²) in [4.78, 5) is 36.7. The van der Waals surface area contributed by atoms with Gasteiger partial charge in [0.2, 0.25) is 0 Å². The van der Waals surface area contributed by atoms with Gasteiger partial charge in [0, 0.05) is 10.9 Å². The van der Waals surface area contributed by atoms with Crippen molar-refractivity contribution in [2.75, 3.05) is 5.32 Å². The first kappa shape index (κ1) is 14.6. The number of benzene rings is 1. The highest BCUT2D eigenvalue weighted by Gasteiger charge is 2.37. The van der Waals surface area contributed by atoms with E-state index < -0.39 is 29.7 Å². The fourth-order valence-corrected chi connectivity index (χ4v) is 2.16. The quantitative estimate of drug-likeness (QED) is 0.596. The number of rotatable bonds is 6. The van der Waals surface area contributed by atoms with Gasteiger partial charge in [-0.2, -0.15) is 0 Å². The molecule has 0 spiro atoms. The molecule has 0 saturated heterocycles. The van der Waals surface area contributed by atoms with Crippen LogP contribution in [0.4, 0.5) is 5.82 Å². The van der Waals surface area contributed by atoms with Crippen LogP contribution in [-0.4, -0.2) is 39.0 Å². The lowest BCUT2D eigenvalue weighted by molar-refractivity contribution is -0.152. The summed E-state index contributed by atoms with van der Waals surface area (Å²) in [5.74, 6) is -4.92. The van der Waals surface area contributed by atoms with Crippen molar-refractivity contribution >= 4 is 34.4 Å². The Kier molecular flexibility index (Phi) is 3.93. The largest absolute Gasteiger partial charge is 0.481 e. The lowest BCUT2D eigenvalue weighted by Crippen LogP contribution is -2.44. The Labute approximate surface area is 119 Å². The summed E-state index contributed by atoms with van der Waals surface area (Å²) in [7, 11) is 0. The number of ketones is 1. The molecule has 7 heteroatoms. The molecule has 4 N–H and O–H groups in total. The zero-order chi connectivity index (χ0) is 15.6.